The first-order valence-corrected chi connectivity index (χ1v) is 12.4. The molecule has 0 aliphatic carbocycles. The Hall–Kier alpha value is -3.51. The molecule has 4 aromatic rings. The van der Waals surface area contributed by atoms with E-state index in [1.165, 1.54) is 31.6 Å². The molecular formula is C23H18Cl2FN5O4S. The molecule has 0 aliphatic rings. The zero-order valence-electron chi connectivity index (χ0n) is 18.6. The van der Waals surface area contributed by atoms with Crippen molar-refractivity contribution in [1.82, 2.24) is 15.2 Å². The predicted molar refractivity (Wildman–Crippen MR) is 134 cm³/mol. The maximum atomic E-state index is 15.2. The minimum atomic E-state index is -4.47. The number of aromatic nitrogens is 3. The van der Waals surface area contributed by atoms with Crippen molar-refractivity contribution >= 4 is 44.9 Å². The number of nitrogens with zero attached hydrogens (tertiary/aromatic N) is 4. The Morgan fingerprint density at radius 2 is 1.86 bits per heavy atom. The third-order valence-corrected chi connectivity index (χ3v) is 7.14. The van der Waals surface area contributed by atoms with Gasteiger partial charge in [0, 0.05) is 36.2 Å². The fourth-order valence-electron chi connectivity index (χ4n) is 3.26. The van der Waals surface area contributed by atoms with E-state index in [0.29, 0.717) is 16.1 Å². The summed E-state index contributed by atoms with van der Waals surface area (Å²) >= 11 is 12.5. The number of methoxy groups -OCH3 is 1. The van der Waals surface area contributed by atoms with Crippen LogP contribution < -0.4 is 14.8 Å². The van der Waals surface area contributed by atoms with Crippen LogP contribution >= 0.6 is 23.2 Å². The van der Waals surface area contributed by atoms with Crippen molar-refractivity contribution in [2.45, 2.75) is 4.90 Å². The van der Waals surface area contributed by atoms with E-state index in [1.54, 1.807) is 30.3 Å². The summed E-state index contributed by atoms with van der Waals surface area (Å²) in [6.45, 7) is -0.431. The van der Waals surface area contributed by atoms with Gasteiger partial charge in [-0.1, -0.05) is 23.2 Å². The molecule has 0 bridgehead atoms. The van der Waals surface area contributed by atoms with Crippen molar-refractivity contribution in [2.75, 3.05) is 23.9 Å². The lowest BCUT2D eigenvalue weighted by Gasteiger charge is -2.22. The Morgan fingerprint density at radius 1 is 1.06 bits per heavy atom. The van der Waals surface area contributed by atoms with E-state index >= 15 is 4.39 Å². The van der Waals surface area contributed by atoms with Crippen LogP contribution in [-0.4, -0.2) is 37.4 Å². The molecule has 2 aromatic heterocycles. The SMILES string of the molecule is COCN(c1cccnn1)S(=O)(=O)c1cc(Cl)c(Oc2ccc(Cl)cc2-c2ccnc(N)c2)cc1F. The van der Waals surface area contributed by atoms with Gasteiger partial charge < -0.3 is 15.2 Å². The maximum absolute atomic E-state index is 15.2. The largest absolute Gasteiger partial charge is 0.455 e. The molecule has 9 nitrogen and oxygen atoms in total. The van der Waals surface area contributed by atoms with Gasteiger partial charge in [-0.05, 0) is 54.1 Å². The first-order chi connectivity index (χ1) is 17.2. The number of sulfonamides is 1. The van der Waals surface area contributed by atoms with Crippen LogP contribution in [0.1, 0.15) is 0 Å². The van der Waals surface area contributed by atoms with Gasteiger partial charge in [0.1, 0.15) is 34.8 Å². The molecule has 0 unspecified atom stereocenters. The van der Waals surface area contributed by atoms with Crippen molar-refractivity contribution < 1.29 is 22.3 Å². The molecule has 0 amide bonds. The minimum absolute atomic E-state index is 0.0578. The fourth-order valence-corrected chi connectivity index (χ4v) is 5.09. The van der Waals surface area contributed by atoms with E-state index in [2.05, 4.69) is 15.2 Å². The summed E-state index contributed by atoms with van der Waals surface area (Å²) in [5.41, 5.74) is 6.98. The van der Waals surface area contributed by atoms with Gasteiger partial charge in [0.05, 0.1) is 5.02 Å². The number of pyridine rings is 1. The molecule has 186 valence electrons. The van der Waals surface area contributed by atoms with Crippen LogP contribution in [-0.2, 0) is 14.8 Å². The number of nitrogen functional groups attached to an aromatic ring is 1. The Balaban J connectivity index is 1.73. The summed E-state index contributed by atoms with van der Waals surface area (Å²) in [6.07, 6.45) is 2.89. The lowest BCUT2D eigenvalue weighted by Crippen LogP contribution is -2.34. The molecule has 0 saturated heterocycles. The zero-order chi connectivity index (χ0) is 25.9. The van der Waals surface area contributed by atoms with Crippen molar-refractivity contribution in [2.24, 2.45) is 0 Å². The number of ether oxygens (including phenoxy) is 2. The monoisotopic (exact) mass is 549 g/mol. The Labute approximate surface area is 216 Å². The first-order valence-electron chi connectivity index (χ1n) is 10.2. The molecule has 13 heteroatoms. The van der Waals surface area contributed by atoms with Crippen LogP contribution in [0.3, 0.4) is 0 Å². The summed E-state index contributed by atoms with van der Waals surface area (Å²) in [5.74, 6) is -0.708. The third kappa shape index (κ3) is 5.34. The van der Waals surface area contributed by atoms with Crippen LogP contribution in [0.25, 0.3) is 11.1 Å². The Kier molecular flexibility index (Phi) is 7.55. The molecule has 4 rings (SSSR count). The van der Waals surface area contributed by atoms with Gasteiger partial charge in [-0.3, -0.25) is 0 Å². The van der Waals surface area contributed by atoms with E-state index in [0.717, 1.165) is 16.4 Å². The van der Waals surface area contributed by atoms with Gasteiger partial charge >= 0.3 is 0 Å². The average Bonchev–Trinajstić information content (AvgIpc) is 2.86. The quantitative estimate of drug-likeness (QED) is 0.299. The predicted octanol–water partition coefficient (Wildman–Crippen LogP) is 5.16. The summed E-state index contributed by atoms with van der Waals surface area (Å²) in [5, 5.41) is 7.72. The van der Waals surface area contributed by atoms with Crippen molar-refractivity contribution in [1.29, 1.82) is 0 Å². The molecule has 2 N–H and O–H groups in total. The van der Waals surface area contributed by atoms with E-state index < -0.39 is 27.5 Å². The summed E-state index contributed by atoms with van der Waals surface area (Å²) in [4.78, 5) is 3.27. The Bertz CT molecular complexity index is 1510. The number of anilines is 2. The van der Waals surface area contributed by atoms with Gasteiger partial charge in [-0.25, -0.2) is 22.1 Å². The number of halogens is 3. The zero-order valence-corrected chi connectivity index (χ0v) is 20.9. The number of nitrogens with two attached hydrogens (primary N) is 1. The van der Waals surface area contributed by atoms with Gasteiger partial charge in [-0.2, -0.15) is 5.10 Å². The molecule has 36 heavy (non-hydrogen) atoms. The maximum Gasteiger partial charge on any atom is 0.270 e. The van der Waals surface area contributed by atoms with E-state index in [-0.39, 0.29) is 28.2 Å². The number of hydrogen-bond acceptors (Lipinski definition) is 8. The summed E-state index contributed by atoms with van der Waals surface area (Å²) in [7, 11) is -3.18. The van der Waals surface area contributed by atoms with Gasteiger partial charge in [0.15, 0.2) is 5.82 Å². The van der Waals surface area contributed by atoms with E-state index in [1.807, 2.05) is 0 Å². The highest BCUT2D eigenvalue weighted by Crippen LogP contribution is 2.40. The van der Waals surface area contributed by atoms with Crippen molar-refractivity contribution in [3.8, 4) is 22.6 Å². The standard InChI is InChI=1S/C23H18Cl2FN5O4S/c1-34-13-31(23-3-2-7-29-30-23)36(32,33)21-11-17(25)20(12-18(21)26)35-19-5-4-15(24)10-16(19)14-6-8-28-22(27)9-14/h2-12H,13H2,1H3,(H2,27,28). The lowest BCUT2D eigenvalue weighted by molar-refractivity contribution is 0.209. The molecule has 0 aliphatic heterocycles. The molecular weight excluding hydrogens is 532 g/mol. The Morgan fingerprint density at radius 3 is 2.56 bits per heavy atom. The normalized spacial score (nSPS) is 11.3. The second-order valence-corrected chi connectivity index (χ2v) is 9.95. The molecule has 0 saturated carbocycles. The molecule has 2 heterocycles. The lowest BCUT2D eigenvalue weighted by atomic mass is 10.1. The van der Waals surface area contributed by atoms with Crippen LogP contribution in [0, 0.1) is 5.82 Å². The van der Waals surface area contributed by atoms with Crippen LogP contribution in [0.4, 0.5) is 16.0 Å². The molecule has 0 radical (unpaired) electrons. The summed E-state index contributed by atoms with van der Waals surface area (Å²) < 4.78 is 53.4. The second kappa shape index (κ2) is 10.6. The third-order valence-electron chi connectivity index (χ3n) is 4.87. The highest BCUT2D eigenvalue weighted by Gasteiger charge is 2.30. The molecule has 0 fully saturated rings. The minimum Gasteiger partial charge on any atom is -0.455 e. The summed E-state index contributed by atoms with van der Waals surface area (Å²) in [6, 6.07) is 12.8. The van der Waals surface area contributed by atoms with Crippen LogP contribution in [0.2, 0.25) is 10.0 Å². The second-order valence-electron chi connectivity index (χ2n) is 7.28. The average molecular weight is 550 g/mol. The topological polar surface area (TPSA) is 121 Å². The van der Waals surface area contributed by atoms with Gasteiger partial charge in [0.25, 0.3) is 10.0 Å². The molecule has 0 atom stereocenters. The van der Waals surface area contributed by atoms with E-state index in [4.69, 9.17) is 38.4 Å². The van der Waals surface area contributed by atoms with Crippen LogP contribution in [0.15, 0.2) is 71.9 Å². The van der Waals surface area contributed by atoms with Gasteiger partial charge in [-0.15, -0.1) is 5.10 Å². The highest BCUT2D eigenvalue weighted by atomic mass is 35.5. The van der Waals surface area contributed by atoms with Gasteiger partial charge in [0.2, 0.25) is 0 Å². The number of rotatable bonds is 8. The molecule has 2 aromatic carbocycles. The molecule has 0 spiro atoms. The fraction of sp³-hybridized carbons (Fsp3) is 0.0870. The first kappa shape index (κ1) is 25.6. The van der Waals surface area contributed by atoms with E-state index in [9.17, 15) is 8.42 Å². The highest BCUT2D eigenvalue weighted by molar-refractivity contribution is 7.92. The number of benzene rings is 2. The van der Waals surface area contributed by atoms with Crippen molar-refractivity contribution in [3.05, 3.63) is 82.9 Å². The number of hydrogen-bond donors (Lipinski definition) is 1. The van der Waals surface area contributed by atoms with Crippen molar-refractivity contribution in [3.63, 3.8) is 0 Å². The smallest absolute Gasteiger partial charge is 0.270 e. The van der Waals surface area contributed by atoms with Crippen LogP contribution in [0.5, 0.6) is 11.5 Å².